The van der Waals surface area contributed by atoms with E-state index in [4.69, 9.17) is 10.5 Å². The Morgan fingerprint density at radius 3 is 2.56 bits per heavy atom. The van der Waals surface area contributed by atoms with Crippen molar-refractivity contribution >= 4 is 11.4 Å². The van der Waals surface area contributed by atoms with Gasteiger partial charge in [0.15, 0.2) is 0 Å². The van der Waals surface area contributed by atoms with Gasteiger partial charge in [0.05, 0.1) is 18.5 Å². The van der Waals surface area contributed by atoms with Gasteiger partial charge in [-0.15, -0.1) is 0 Å². The van der Waals surface area contributed by atoms with Gasteiger partial charge in [-0.2, -0.15) is 0 Å². The standard InChI is InChI=1S/C14H23N3O/c1-14(2)10-17(8-7-16(14)3)13-6-5-11(18-4)9-12(13)15/h5-6,9H,7-8,10,15H2,1-4H3. The van der Waals surface area contributed by atoms with Crippen LogP contribution in [0.2, 0.25) is 0 Å². The molecule has 0 radical (unpaired) electrons. The molecule has 0 saturated carbocycles. The predicted octanol–water partition coefficient (Wildman–Crippen LogP) is 1.81. The van der Waals surface area contributed by atoms with Crippen molar-refractivity contribution in [3.8, 4) is 5.75 Å². The molecule has 18 heavy (non-hydrogen) atoms. The topological polar surface area (TPSA) is 41.7 Å². The Kier molecular flexibility index (Phi) is 3.39. The number of hydrogen-bond acceptors (Lipinski definition) is 4. The molecule has 1 aromatic carbocycles. The first kappa shape index (κ1) is 13.0. The maximum absolute atomic E-state index is 6.12. The zero-order valence-electron chi connectivity index (χ0n) is 11.7. The van der Waals surface area contributed by atoms with Gasteiger partial charge in [0.25, 0.3) is 0 Å². The lowest BCUT2D eigenvalue weighted by Gasteiger charge is -2.46. The molecule has 0 aliphatic carbocycles. The largest absolute Gasteiger partial charge is 0.497 e. The first-order valence-corrected chi connectivity index (χ1v) is 6.34. The van der Waals surface area contributed by atoms with Gasteiger partial charge in [0, 0.05) is 31.2 Å². The van der Waals surface area contributed by atoms with E-state index in [9.17, 15) is 0 Å². The van der Waals surface area contributed by atoms with Crippen molar-refractivity contribution in [2.75, 3.05) is 44.4 Å². The summed E-state index contributed by atoms with van der Waals surface area (Å²) in [5.41, 5.74) is 8.18. The fourth-order valence-electron chi connectivity index (χ4n) is 2.39. The van der Waals surface area contributed by atoms with Crippen LogP contribution in [0.15, 0.2) is 18.2 Å². The molecule has 4 nitrogen and oxygen atoms in total. The minimum Gasteiger partial charge on any atom is -0.497 e. The van der Waals surface area contributed by atoms with Crippen molar-refractivity contribution in [2.45, 2.75) is 19.4 Å². The van der Waals surface area contributed by atoms with E-state index in [1.807, 2.05) is 12.1 Å². The quantitative estimate of drug-likeness (QED) is 0.812. The molecule has 0 bridgehead atoms. The first-order valence-electron chi connectivity index (χ1n) is 6.34. The summed E-state index contributed by atoms with van der Waals surface area (Å²) >= 11 is 0. The molecule has 1 saturated heterocycles. The van der Waals surface area contributed by atoms with Gasteiger partial charge in [-0.1, -0.05) is 0 Å². The van der Waals surface area contributed by atoms with Crippen LogP contribution in [0.1, 0.15) is 13.8 Å². The van der Waals surface area contributed by atoms with Crippen molar-refractivity contribution in [3.63, 3.8) is 0 Å². The number of ether oxygens (including phenoxy) is 1. The summed E-state index contributed by atoms with van der Waals surface area (Å²) in [7, 11) is 3.84. The second-order valence-electron chi connectivity index (χ2n) is 5.58. The third kappa shape index (κ3) is 2.38. The number of benzene rings is 1. The van der Waals surface area contributed by atoms with Crippen LogP contribution in [-0.2, 0) is 0 Å². The van der Waals surface area contributed by atoms with E-state index < -0.39 is 0 Å². The zero-order valence-corrected chi connectivity index (χ0v) is 11.7. The number of rotatable bonds is 2. The monoisotopic (exact) mass is 249 g/mol. The van der Waals surface area contributed by atoms with E-state index in [0.29, 0.717) is 0 Å². The number of nitrogens with two attached hydrogens (primary N) is 1. The van der Waals surface area contributed by atoms with Crippen LogP contribution < -0.4 is 15.4 Å². The number of nitrogen functional groups attached to an aromatic ring is 1. The van der Waals surface area contributed by atoms with E-state index in [2.05, 4.69) is 36.8 Å². The second kappa shape index (κ2) is 4.69. The molecule has 1 aliphatic rings. The van der Waals surface area contributed by atoms with Crippen LogP contribution in [0.4, 0.5) is 11.4 Å². The Bertz CT molecular complexity index is 431. The third-order valence-corrected chi connectivity index (χ3v) is 3.89. The normalized spacial score (nSPS) is 19.9. The highest BCUT2D eigenvalue weighted by molar-refractivity contribution is 5.69. The Balaban J connectivity index is 2.22. The maximum Gasteiger partial charge on any atom is 0.121 e. The Hall–Kier alpha value is -1.42. The lowest BCUT2D eigenvalue weighted by molar-refractivity contribution is 0.139. The van der Waals surface area contributed by atoms with Crippen LogP contribution in [0, 0.1) is 0 Å². The molecule has 100 valence electrons. The van der Waals surface area contributed by atoms with Crippen molar-refractivity contribution in [1.29, 1.82) is 0 Å². The van der Waals surface area contributed by atoms with E-state index in [0.717, 1.165) is 36.8 Å². The van der Waals surface area contributed by atoms with E-state index in [1.54, 1.807) is 7.11 Å². The van der Waals surface area contributed by atoms with Gasteiger partial charge in [-0.25, -0.2) is 0 Å². The highest BCUT2D eigenvalue weighted by Crippen LogP contribution is 2.31. The van der Waals surface area contributed by atoms with Gasteiger partial charge in [0.2, 0.25) is 0 Å². The number of hydrogen-bond donors (Lipinski definition) is 1. The summed E-state index contributed by atoms with van der Waals surface area (Å²) in [5.74, 6) is 0.810. The molecule has 4 heteroatoms. The van der Waals surface area contributed by atoms with Gasteiger partial charge < -0.3 is 15.4 Å². The van der Waals surface area contributed by atoms with Crippen LogP contribution in [0.3, 0.4) is 0 Å². The first-order chi connectivity index (χ1) is 8.44. The lowest BCUT2D eigenvalue weighted by Crippen LogP contribution is -2.57. The Morgan fingerprint density at radius 1 is 1.28 bits per heavy atom. The number of piperazine rings is 1. The van der Waals surface area contributed by atoms with Gasteiger partial charge in [0.1, 0.15) is 5.75 Å². The molecule has 2 N–H and O–H groups in total. The van der Waals surface area contributed by atoms with Crippen LogP contribution in [0.25, 0.3) is 0 Å². The minimum absolute atomic E-state index is 0.171. The highest BCUT2D eigenvalue weighted by atomic mass is 16.5. The fourth-order valence-corrected chi connectivity index (χ4v) is 2.39. The summed E-state index contributed by atoms with van der Waals surface area (Å²) in [6.45, 7) is 7.58. The highest BCUT2D eigenvalue weighted by Gasteiger charge is 2.31. The molecule has 0 aromatic heterocycles. The van der Waals surface area contributed by atoms with Crippen LogP contribution >= 0.6 is 0 Å². The van der Waals surface area contributed by atoms with E-state index in [-0.39, 0.29) is 5.54 Å². The van der Waals surface area contributed by atoms with Crippen molar-refractivity contribution in [1.82, 2.24) is 4.90 Å². The number of methoxy groups -OCH3 is 1. The molecule has 0 amide bonds. The van der Waals surface area contributed by atoms with Crippen molar-refractivity contribution in [3.05, 3.63) is 18.2 Å². The van der Waals surface area contributed by atoms with Crippen molar-refractivity contribution < 1.29 is 4.74 Å². The van der Waals surface area contributed by atoms with Gasteiger partial charge in [-0.05, 0) is 33.0 Å². The van der Waals surface area contributed by atoms with Crippen molar-refractivity contribution in [2.24, 2.45) is 0 Å². The van der Waals surface area contributed by atoms with E-state index >= 15 is 0 Å². The molecular weight excluding hydrogens is 226 g/mol. The Morgan fingerprint density at radius 2 is 2.00 bits per heavy atom. The predicted molar refractivity (Wildman–Crippen MR) is 76.3 cm³/mol. The molecule has 1 fully saturated rings. The summed E-state index contributed by atoms with van der Waals surface area (Å²) < 4.78 is 5.19. The number of nitrogens with zero attached hydrogens (tertiary/aromatic N) is 2. The zero-order chi connectivity index (χ0) is 13.3. The van der Waals surface area contributed by atoms with Crippen LogP contribution in [-0.4, -0.2) is 44.2 Å². The summed E-state index contributed by atoms with van der Waals surface area (Å²) in [5, 5.41) is 0. The smallest absolute Gasteiger partial charge is 0.121 e. The summed E-state index contributed by atoms with van der Waals surface area (Å²) in [4.78, 5) is 4.75. The fraction of sp³-hybridized carbons (Fsp3) is 0.571. The SMILES string of the molecule is COc1ccc(N2CCN(C)C(C)(C)C2)c(N)c1. The Labute approximate surface area is 109 Å². The molecule has 0 spiro atoms. The maximum atomic E-state index is 6.12. The van der Waals surface area contributed by atoms with E-state index in [1.165, 1.54) is 0 Å². The molecular formula is C14H23N3O. The molecule has 0 atom stereocenters. The summed E-state index contributed by atoms with van der Waals surface area (Å²) in [6.07, 6.45) is 0. The molecule has 1 aromatic rings. The number of anilines is 2. The second-order valence-corrected chi connectivity index (χ2v) is 5.58. The lowest BCUT2D eigenvalue weighted by atomic mass is 9.99. The molecule has 1 aliphatic heterocycles. The molecule has 1 heterocycles. The van der Waals surface area contributed by atoms with Gasteiger partial charge >= 0.3 is 0 Å². The molecule has 2 rings (SSSR count). The third-order valence-electron chi connectivity index (χ3n) is 3.89. The molecule has 0 unspecified atom stereocenters. The summed E-state index contributed by atoms with van der Waals surface area (Å²) in [6, 6.07) is 5.91. The number of likely N-dealkylation sites (N-methyl/N-ethyl adjacent to an activating group) is 1. The average molecular weight is 249 g/mol. The average Bonchev–Trinajstić information content (AvgIpc) is 2.32. The van der Waals surface area contributed by atoms with Gasteiger partial charge in [-0.3, -0.25) is 4.90 Å². The van der Waals surface area contributed by atoms with Crippen LogP contribution in [0.5, 0.6) is 5.75 Å². The minimum atomic E-state index is 0.171.